The number of benzene rings is 2. The van der Waals surface area contributed by atoms with Crippen molar-refractivity contribution in [2.24, 2.45) is 17.8 Å². The first-order valence-corrected chi connectivity index (χ1v) is 11.9. The van der Waals surface area contributed by atoms with E-state index in [2.05, 4.69) is 18.7 Å². The zero-order chi connectivity index (χ0) is 25.0. The zero-order valence-corrected chi connectivity index (χ0v) is 20.3. The molecule has 3 nitrogen and oxygen atoms in total. The minimum absolute atomic E-state index is 0.0276. The summed E-state index contributed by atoms with van der Waals surface area (Å²) >= 11 is 0. The molecule has 1 aliphatic rings. The third-order valence-electron chi connectivity index (χ3n) is 6.33. The molecule has 2 atom stereocenters. The Morgan fingerprint density at radius 1 is 1.06 bits per heavy atom. The third kappa shape index (κ3) is 6.81. The number of nitrogens with zero attached hydrogens (tertiary/aromatic N) is 2. The maximum atomic E-state index is 14.0. The SMILES string of the molecule is CC(C)CN(C[C@@H]1CN(Cc2ccc(C(F)(F)F)cc2)C[C@H]1c1cccc(F)c1)C(=O)C(C)C. The van der Waals surface area contributed by atoms with Crippen LogP contribution >= 0.6 is 0 Å². The predicted octanol–water partition coefficient (Wildman–Crippen LogP) is 6.20. The van der Waals surface area contributed by atoms with Crippen LogP contribution in [0.2, 0.25) is 0 Å². The predicted molar refractivity (Wildman–Crippen MR) is 126 cm³/mol. The first-order valence-electron chi connectivity index (χ1n) is 11.9. The van der Waals surface area contributed by atoms with Crippen molar-refractivity contribution in [3.63, 3.8) is 0 Å². The summed E-state index contributed by atoms with van der Waals surface area (Å²) in [5, 5.41) is 0. The minimum atomic E-state index is -4.36. The number of hydrogen-bond acceptors (Lipinski definition) is 2. The molecular weight excluding hydrogens is 444 g/mol. The Morgan fingerprint density at radius 3 is 2.29 bits per heavy atom. The van der Waals surface area contributed by atoms with Gasteiger partial charge in [-0.15, -0.1) is 0 Å². The first kappa shape index (κ1) is 26.2. The highest BCUT2D eigenvalue weighted by Crippen LogP contribution is 2.35. The van der Waals surface area contributed by atoms with Gasteiger partial charge in [0.25, 0.3) is 0 Å². The quantitative estimate of drug-likeness (QED) is 0.422. The zero-order valence-electron chi connectivity index (χ0n) is 20.3. The Labute approximate surface area is 199 Å². The number of hydrogen-bond donors (Lipinski definition) is 0. The molecule has 0 aliphatic carbocycles. The van der Waals surface area contributed by atoms with Gasteiger partial charge < -0.3 is 4.90 Å². The molecule has 1 heterocycles. The van der Waals surface area contributed by atoms with Crippen molar-refractivity contribution >= 4 is 5.91 Å². The number of likely N-dealkylation sites (tertiary alicyclic amines) is 1. The third-order valence-corrected chi connectivity index (χ3v) is 6.33. The van der Waals surface area contributed by atoms with E-state index in [4.69, 9.17) is 0 Å². The molecule has 1 amide bonds. The van der Waals surface area contributed by atoms with Crippen molar-refractivity contribution in [2.75, 3.05) is 26.2 Å². The minimum Gasteiger partial charge on any atom is -0.342 e. The van der Waals surface area contributed by atoms with Crippen molar-refractivity contribution < 1.29 is 22.4 Å². The molecule has 0 bridgehead atoms. The van der Waals surface area contributed by atoms with Crippen molar-refractivity contribution in [3.8, 4) is 0 Å². The number of alkyl halides is 3. The van der Waals surface area contributed by atoms with E-state index in [9.17, 15) is 22.4 Å². The monoisotopic (exact) mass is 478 g/mol. The molecular formula is C27H34F4N2O. The average molecular weight is 479 g/mol. The molecule has 1 fully saturated rings. The molecule has 1 aliphatic heterocycles. The summed E-state index contributed by atoms with van der Waals surface area (Å²) in [6, 6.07) is 11.8. The number of carbonyl (C=O) groups is 1. The van der Waals surface area contributed by atoms with Gasteiger partial charge in [0.1, 0.15) is 5.82 Å². The van der Waals surface area contributed by atoms with Crippen LogP contribution in [0.3, 0.4) is 0 Å². The van der Waals surface area contributed by atoms with Gasteiger partial charge >= 0.3 is 6.18 Å². The lowest BCUT2D eigenvalue weighted by atomic mass is 9.88. The average Bonchev–Trinajstić information content (AvgIpc) is 3.14. The molecule has 186 valence electrons. The highest BCUT2D eigenvalue weighted by molar-refractivity contribution is 5.78. The van der Waals surface area contributed by atoms with Gasteiger partial charge in [0.15, 0.2) is 0 Å². The Morgan fingerprint density at radius 2 is 1.74 bits per heavy atom. The van der Waals surface area contributed by atoms with Gasteiger partial charge in [-0.3, -0.25) is 9.69 Å². The molecule has 0 N–H and O–H groups in total. The van der Waals surface area contributed by atoms with E-state index >= 15 is 0 Å². The van der Waals surface area contributed by atoms with E-state index in [-0.39, 0.29) is 29.5 Å². The number of amides is 1. The van der Waals surface area contributed by atoms with Crippen LogP contribution in [0.5, 0.6) is 0 Å². The molecule has 0 saturated carbocycles. The summed E-state index contributed by atoms with van der Waals surface area (Å²) in [5.41, 5.74) is 1.02. The first-order chi connectivity index (χ1) is 15.9. The van der Waals surface area contributed by atoms with Crippen molar-refractivity contribution in [3.05, 3.63) is 71.0 Å². The van der Waals surface area contributed by atoms with E-state index in [1.807, 2.05) is 24.8 Å². The second-order valence-electron chi connectivity index (χ2n) is 10.1. The molecule has 0 aromatic heterocycles. The summed E-state index contributed by atoms with van der Waals surface area (Å²) in [7, 11) is 0. The normalized spacial score (nSPS) is 19.2. The lowest BCUT2D eigenvalue weighted by Gasteiger charge is -2.31. The van der Waals surface area contributed by atoms with Crippen LogP contribution in [0.15, 0.2) is 48.5 Å². The van der Waals surface area contributed by atoms with Crippen LogP contribution in [-0.2, 0) is 17.5 Å². The van der Waals surface area contributed by atoms with Crippen LogP contribution in [0, 0.1) is 23.6 Å². The summed E-state index contributed by atoms with van der Waals surface area (Å²) in [4.78, 5) is 17.0. The standard InChI is InChI=1S/C27H34F4N2O/c1-18(2)13-33(26(34)19(3)4)16-22-15-32(17-25(22)21-6-5-7-24(28)12-21)14-20-8-10-23(11-9-20)27(29,30)31/h5-12,18-19,22,25H,13-17H2,1-4H3/t22-,25-/m0/s1. The Balaban J connectivity index is 1.81. The lowest BCUT2D eigenvalue weighted by molar-refractivity contribution is -0.137. The van der Waals surface area contributed by atoms with Gasteiger partial charge in [0, 0.05) is 44.6 Å². The smallest absolute Gasteiger partial charge is 0.342 e. The molecule has 7 heteroatoms. The number of halogens is 4. The summed E-state index contributed by atoms with van der Waals surface area (Å²) in [6.45, 7) is 11.0. The van der Waals surface area contributed by atoms with E-state index in [1.165, 1.54) is 18.2 Å². The van der Waals surface area contributed by atoms with E-state index in [0.717, 1.165) is 23.3 Å². The molecule has 2 aromatic carbocycles. The molecule has 2 aromatic rings. The van der Waals surface area contributed by atoms with Gasteiger partial charge in [-0.1, -0.05) is 52.0 Å². The highest BCUT2D eigenvalue weighted by Gasteiger charge is 2.36. The molecule has 0 spiro atoms. The van der Waals surface area contributed by atoms with E-state index in [1.54, 1.807) is 12.1 Å². The van der Waals surface area contributed by atoms with Crippen molar-refractivity contribution in [1.29, 1.82) is 0 Å². The summed E-state index contributed by atoms with van der Waals surface area (Å²) in [5.74, 6) is 0.135. The molecule has 1 saturated heterocycles. The Hall–Kier alpha value is -2.41. The maximum Gasteiger partial charge on any atom is 0.416 e. The van der Waals surface area contributed by atoms with Gasteiger partial charge in [-0.2, -0.15) is 13.2 Å². The molecule has 0 unspecified atom stereocenters. The van der Waals surface area contributed by atoms with Crippen LogP contribution in [0.4, 0.5) is 17.6 Å². The van der Waals surface area contributed by atoms with Gasteiger partial charge in [-0.25, -0.2) is 4.39 Å². The molecule has 3 rings (SSSR count). The van der Waals surface area contributed by atoms with Crippen LogP contribution in [0.25, 0.3) is 0 Å². The summed E-state index contributed by atoms with van der Waals surface area (Å²) < 4.78 is 52.7. The number of rotatable bonds is 8. The number of carbonyl (C=O) groups excluding carboxylic acids is 1. The largest absolute Gasteiger partial charge is 0.416 e. The van der Waals surface area contributed by atoms with Gasteiger partial charge in [0.05, 0.1) is 5.56 Å². The van der Waals surface area contributed by atoms with E-state index < -0.39 is 11.7 Å². The second kappa shape index (κ2) is 10.9. The second-order valence-corrected chi connectivity index (χ2v) is 10.1. The lowest BCUT2D eigenvalue weighted by Crippen LogP contribution is -2.41. The maximum absolute atomic E-state index is 14.0. The Kier molecular flexibility index (Phi) is 8.39. The Bertz CT molecular complexity index is 956. The fraction of sp³-hybridized carbons (Fsp3) is 0.519. The highest BCUT2D eigenvalue weighted by atomic mass is 19.4. The van der Waals surface area contributed by atoms with Crippen LogP contribution in [0.1, 0.15) is 50.3 Å². The van der Waals surface area contributed by atoms with Gasteiger partial charge in [-0.05, 0) is 47.2 Å². The van der Waals surface area contributed by atoms with Crippen molar-refractivity contribution in [2.45, 2.75) is 46.3 Å². The summed E-state index contributed by atoms with van der Waals surface area (Å²) in [6.07, 6.45) is -4.36. The fourth-order valence-electron chi connectivity index (χ4n) is 4.79. The van der Waals surface area contributed by atoms with Crippen LogP contribution in [-0.4, -0.2) is 41.9 Å². The molecule has 34 heavy (non-hydrogen) atoms. The van der Waals surface area contributed by atoms with Gasteiger partial charge in [0.2, 0.25) is 5.91 Å². The van der Waals surface area contributed by atoms with Crippen molar-refractivity contribution in [1.82, 2.24) is 9.80 Å². The topological polar surface area (TPSA) is 23.6 Å². The van der Waals surface area contributed by atoms with E-state index in [0.29, 0.717) is 38.6 Å². The fourth-order valence-corrected chi connectivity index (χ4v) is 4.79. The molecule has 0 radical (unpaired) electrons. The van der Waals surface area contributed by atoms with Crippen LogP contribution < -0.4 is 0 Å².